The van der Waals surface area contributed by atoms with Crippen molar-refractivity contribution in [3.63, 3.8) is 0 Å². The molecule has 0 unspecified atom stereocenters. The lowest BCUT2D eigenvalue weighted by Crippen LogP contribution is -2.31. The van der Waals surface area contributed by atoms with Crippen LogP contribution in [0.5, 0.6) is 0 Å². The molecule has 2 rings (SSSR count). The van der Waals surface area contributed by atoms with Crippen molar-refractivity contribution in [3.8, 4) is 0 Å². The number of hydrogen-bond acceptors (Lipinski definition) is 5. The van der Waals surface area contributed by atoms with Gasteiger partial charge in [0.15, 0.2) is 0 Å². The van der Waals surface area contributed by atoms with Gasteiger partial charge in [-0.2, -0.15) is 8.78 Å². The maximum absolute atomic E-state index is 12.5. The molecule has 0 aliphatic rings. The zero-order valence-electron chi connectivity index (χ0n) is 15.0. The van der Waals surface area contributed by atoms with E-state index in [9.17, 15) is 18.4 Å². The van der Waals surface area contributed by atoms with Crippen LogP contribution in [0.15, 0.2) is 40.6 Å². The third kappa shape index (κ3) is 6.93. The molecular weight excluding hydrogens is 392 g/mol. The number of likely N-dealkylation sites (N-methyl/N-ethyl adjacent to an activating group) is 1. The van der Waals surface area contributed by atoms with Crippen LogP contribution in [0.2, 0.25) is 0 Å². The van der Waals surface area contributed by atoms with Crippen LogP contribution in [0, 0.1) is 0 Å². The minimum atomic E-state index is -2.57. The number of benzene rings is 1. The van der Waals surface area contributed by atoms with Gasteiger partial charge in [0, 0.05) is 30.1 Å². The third-order valence-electron chi connectivity index (χ3n) is 3.57. The number of rotatable bonds is 9. The van der Waals surface area contributed by atoms with Gasteiger partial charge in [0.1, 0.15) is 4.88 Å². The molecule has 0 fully saturated rings. The third-order valence-corrected chi connectivity index (χ3v) is 5.38. The lowest BCUT2D eigenvalue weighted by atomic mass is 10.1. The smallest absolute Gasteiger partial charge is 0.288 e. The number of nitrogens with one attached hydrogen (secondary N) is 2. The van der Waals surface area contributed by atoms with E-state index >= 15 is 0 Å². The molecule has 0 atom stereocenters. The number of amides is 2. The molecule has 0 saturated carbocycles. The minimum absolute atomic E-state index is 0.153. The molecule has 2 amide bonds. The van der Waals surface area contributed by atoms with E-state index in [4.69, 9.17) is 0 Å². The summed E-state index contributed by atoms with van der Waals surface area (Å²) in [4.78, 5) is 26.8. The molecular formula is C18H21F2N3O2S2. The van der Waals surface area contributed by atoms with Crippen molar-refractivity contribution in [1.29, 1.82) is 0 Å². The van der Waals surface area contributed by atoms with Gasteiger partial charge < -0.3 is 15.5 Å². The number of carbonyl (C=O) groups excluding carboxylic acids is 2. The van der Waals surface area contributed by atoms with Crippen molar-refractivity contribution in [3.05, 3.63) is 51.7 Å². The van der Waals surface area contributed by atoms with Gasteiger partial charge >= 0.3 is 0 Å². The zero-order chi connectivity index (χ0) is 19.8. The van der Waals surface area contributed by atoms with Crippen LogP contribution in [-0.4, -0.2) is 49.7 Å². The molecule has 146 valence electrons. The number of thiophene rings is 1. The Balaban J connectivity index is 1.87. The van der Waals surface area contributed by atoms with Crippen molar-refractivity contribution < 1.29 is 18.4 Å². The monoisotopic (exact) mass is 413 g/mol. The second-order valence-electron chi connectivity index (χ2n) is 5.93. The Morgan fingerprint density at radius 2 is 1.81 bits per heavy atom. The molecule has 1 aromatic heterocycles. The van der Waals surface area contributed by atoms with Crippen molar-refractivity contribution in [2.45, 2.75) is 17.2 Å². The topological polar surface area (TPSA) is 61.4 Å². The highest BCUT2D eigenvalue weighted by molar-refractivity contribution is 7.99. The Bertz CT molecular complexity index is 764. The van der Waals surface area contributed by atoms with E-state index in [-0.39, 0.29) is 22.2 Å². The summed E-state index contributed by atoms with van der Waals surface area (Å²) < 4.78 is 25.0. The first-order valence-electron chi connectivity index (χ1n) is 8.19. The van der Waals surface area contributed by atoms with Crippen molar-refractivity contribution >= 4 is 34.9 Å². The number of hydrogen-bond donors (Lipinski definition) is 2. The van der Waals surface area contributed by atoms with Gasteiger partial charge in [-0.05, 0) is 43.2 Å². The lowest BCUT2D eigenvalue weighted by molar-refractivity contribution is 0.0942. The quantitative estimate of drug-likeness (QED) is 0.620. The summed E-state index contributed by atoms with van der Waals surface area (Å²) in [6.45, 7) is 1.56. The molecule has 2 aromatic rings. The maximum atomic E-state index is 12.5. The minimum Gasteiger partial charge on any atom is -0.351 e. The molecule has 1 aromatic carbocycles. The van der Waals surface area contributed by atoms with Crippen LogP contribution in [0.25, 0.3) is 0 Å². The van der Waals surface area contributed by atoms with E-state index in [1.54, 1.807) is 29.6 Å². The Kier molecular flexibility index (Phi) is 8.21. The van der Waals surface area contributed by atoms with Gasteiger partial charge in [-0.3, -0.25) is 9.59 Å². The molecule has 1 heterocycles. The fraction of sp³-hybridized carbons (Fsp3) is 0.333. The summed E-state index contributed by atoms with van der Waals surface area (Å²) in [6.07, 6.45) is 0. The van der Waals surface area contributed by atoms with Crippen LogP contribution in [-0.2, 0) is 6.54 Å². The molecule has 0 aliphatic heterocycles. The molecule has 0 saturated heterocycles. The molecule has 0 spiro atoms. The predicted molar refractivity (Wildman–Crippen MR) is 105 cm³/mol. The maximum Gasteiger partial charge on any atom is 0.288 e. The van der Waals surface area contributed by atoms with E-state index < -0.39 is 11.7 Å². The largest absolute Gasteiger partial charge is 0.351 e. The number of nitrogens with zero attached hydrogens (tertiary/aromatic N) is 1. The molecule has 2 N–H and O–H groups in total. The van der Waals surface area contributed by atoms with E-state index in [0.29, 0.717) is 23.9 Å². The summed E-state index contributed by atoms with van der Waals surface area (Å²) in [6, 6.07) is 8.40. The van der Waals surface area contributed by atoms with Crippen molar-refractivity contribution in [1.82, 2.24) is 15.5 Å². The number of carbonyl (C=O) groups is 2. The SMILES string of the molecule is CN(C)CCNC(=O)c1ccc(CNC(=O)c2sccc2SC(F)F)cc1. The lowest BCUT2D eigenvalue weighted by Gasteiger charge is -2.11. The van der Waals surface area contributed by atoms with Crippen LogP contribution in [0.4, 0.5) is 8.78 Å². The zero-order valence-corrected chi connectivity index (χ0v) is 16.6. The molecule has 27 heavy (non-hydrogen) atoms. The van der Waals surface area contributed by atoms with E-state index in [1.165, 1.54) is 6.07 Å². The predicted octanol–water partition coefficient (Wildman–Crippen LogP) is 3.28. The highest BCUT2D eigenvalue weighted by Crippen LogP contribution is 2.31. The Morgan fingerprint density at radius 3 is 2.44 bits per heavy atom. The molecule has 0 radical (unpaired) electrons. The van der Waals surface area contributed by atoms with Crippen molar-refractivity contribution in [2.24, 2.45) is 0 Å². The molecule has 0 aliphatic carbocycles. The highest BCUT2D eigenvalue weighted by Gasteiger charge is 2.17. The fourth-order valence-corrected chi connectivity index (χ4v) is 3.80. The van der Waals surface area contributed by atoms with Gasteiger partial charge in [-0.15, -0.1) is 11.3 Å². The summed E-state index contributed by atoms with van der Waals surface area (Å²) in [7, 11) is 3.86. The number of halogens is 2. The summed E-state index contributed by atoms with van der Waals surface area (Å²) in [5.74, 6) is -3.11. The standard InChI is InChI=1S/C18H21F2N3O2S2/c1-23(2)9-8-21-16(24)13-5-3-12(4-6-13)11-22-17(25)15-14(7-10-26-15)27-18(19)20/h3-7,10,18H,8-9,11H2,1-2H3,(H,21,24)(H,22,25). The molecule has 9 heteroatoms. The summed E-state index contributed by atoms with van der Waals surface area (Å²) in [5.41, 5.74) is 1.35. The van der Waals surface area contributed by atoms with Gasteiger partial charge in [0.2, 0.25) is 0 Å². The first kappa shape index (κ1) is 21.3. The summed E-state index contributed by atoms with van der Waals surface area (Å²) in [5, 5.41) is 7.16. The highest BCUT2D eigenvalue weighted by atomic mass is 32.2. The van der Waals surface area contributed by atoms with Crippen LogP contribution in [0.3, 0.4) is 0 Å². The van der Waals surface area contributed by atoms with Gasteiger partial charge in [-0.25, -0.2) is 0 Å². The van der Waals surface area contributed by atoms with Gasteiger partial charge in [0.05, 0.1) is 0 Å². The first-order valence-corrected chi connectivity index (χ1v) is 9.95. The van der Waals surface area contributed by atoms with Crippen LogP contribution < -0.4 is 10.6 Å². The van der Waals surface area contributed by atoms with Crippen LogP contribution in [0.1, 0.15) is 25.6 Å². The first-order chi connectivity index (χ1) is 12.9. The normalized spacial score (nSPS) is 11.0. The van der Waals surface area contributed by atoms with E-state index in [0.717, 1.165) is 23.4 Å². The Hall–Kier alpha value is -1.97. The second-order valence-corrected chi connectivity index (χ2v) is 7.88. The average molecular weight is 414 g/mol. The number of thioether (sulfide) groups is 1. The number of alkyl halides is 2. The van der Waals surface area contributed by atoms with E-state index in [1.807, 2.05) is 19.0 Å². The second kappa shape index (κ2) is 10.4. The van der Waals surface area contributed by atoms with Crippen LogP contribution >= 0.6 is 23.1 Å². The Labute approximate surface area is 165 Å². The van der Waals surface area contributed by atoms with Gasteiger partial charge in [0.25, 0.3) is 17.6 Å². The molecule has 0 bridgehead atoms. The average Bonchev–Trinajstić information content (AvgIpc) is 3.07. The fourth-order valence-electron chi connectivity index (χ4n) is 2.18. The van der Waals surface area contributed by atoms with Crippen molar-refractivity contribution in [2.75, 3.05) is 27.2 Å². The van der Waals surface area contributed by atoms with E-state index in [2.05, 4.69) is 10.6 Å². The Morgan fingerprint density at radius 1 is 1.11 bits per heavy atom. The molecule has 5 nitrogen and oxygen atoms in total. The van der Waals surface area contributed by atoms with Gasteiger partial charge in [-0.1, -0.05) is 23.9 Å². The summed E-state index contributed by atoms with van der Waals surface area (Å²) >= 11 is 1.49.